The summed E-state index contributed by atoms with van der Waals surface area (Å²) in [5.41, 5.74) is 0.690. The van der Waals surface area contributed by atoms with Crippen LogP contribution in [0.2, 0.25) is 0 Å². The van der Waals surface area contributed by atoms with Crippen molar-refractivity contribution in [2.45, 2.75) is 50.2 Å². The molecule has 0 aromatic heterocycles. The molecule has 2 aliphatic heterocycles. The van der Waals surface area contributed by atoms with Crippen LogP contribution in [-0.2, 0) is 14.8 Å². The van der Waals surface area contributed by atoms with E-state index in [-0.39, 0.29) is 34.8 Å². The van der Waals surface area contributed by atoms with E-state index in [1.54, 1.807) is 34.6 Å². The number of benzene rings is 2. The Labute approximate surface area is 178 Å². The van der Waals surface area contributed by atoms with Crippen LogP contribution in [0.4, 0.5) is 5.69 Å². The molecule has 3 unspecified atom stereocenters. The quantitative estimate of drug-likeness (QED) is 0.757. The van der Waals surface area contributed by atoms with Gasteiger partial charge in [0.2, 0.25) is 15.9 Å². The minimum Gasteiger partial charge on any atom is -0.491 e. The van der Waals surface area contributed by atoms with E-state index in [4.69, 9.17) is 4.74 Å². The van der Waals surface area contributed by atoms with Gasteiger partial charge in [0.15, 0.2) is 0 Å². The Morgan fingerprint density at radius 1 is 1.07 bits per heavy atom. The number of ether oxygens (including phenoxy) is 1. The molecule has 7 heteroatoms. The molecule has 6 nitrogen and oxygen atoms in total. The molecule has 2 saturated heterocycles. The Bertz CT molecular complexity index is 990. The zero-order valence-corrected chi connectivity index (χ0v) is 18.1. The van der Waals surface area contributed by atoms with Gasteiger partial charge in [-0.05, 0) is 75.4 Å². The van der Waals surface area contributed by atoms with Crippen molar-refractivity contribution in [1.82, 2.24) is 4.31 Å². The fourth-order valence-electron chi connectivity index (χ4n) is 4.55. The molecule has 5 rings (SSSR count). The Hall–Kier alpha value is -2.38. The van der Waals surface area contributed by atoms with E-state index in [1.165, 1.54) is 0 Å². The number of nitrogens with zero attached hydrogens (tertiary/aromatic N) is 1. The Kier molecular flexibility index (Phi) is 5.84. The van der Waals surface area contributed by atoms with Gasteiger partial charge in [-0.3, -0.25) is 4.79 Å². The summed E-state index contributed by atoms with van der Waals surface area (Å²) in [4.78, 5) is 13.4. The third kappa shape index (κ3) is 4.23. The molecule has 3 aliphatic rings. The van der Waals surface area contributed by atoms with Crippen LogP contribution in [0.5, 0.6) is 5.75 Å². The molecule has 2 aromatic carbocycles. The lowest BCUT2D eigenvalue weighted by atomic mass is 9.73. The zero-order chi connectivity index (χ0) is 21.3. The number of sulfonamides is 1. The molecule has 30 heavy (non-hydrogen) atoms. The normalized spacial score (nSPS) is 24.0. The van der Waals surface area contributed by atoms with Crippen molar-refractivity contribution >= 4 is 21.6 Å². The molecule has 1 amide bonds. The molecule has 0 spiro atoms. The van der Waals surface area contributed by atoms with Crippen LogP contribution in [0.3, 0.4) is 0 Å². The number of carbonyl (C=O) groups is 1. The van der Waals surface area contributed by atoms with Gasteiger partial charge in [0.25, 0.3) is 0 Å². The van der Waals surface area contributed by atoms with E-state index in [2.05, 4.69) is 5.32 Å². The largest absolute Gasteiger partial charge is 0.491 e. The number of hydrogen-bond donors (Lipinski definition) is 1. The van der Waals surface area contributed by atoms with Crippen LogP contribution in [0.25, 0.3) is 0 Å². The first-order valence-corrected chi connectivity index (χ1v) is 11.9. The number of anilines is 1. The second kappa shape index (κ2) is 8.40. The first kappa shape index (κ1) is 20.9. The molecular weight excluding hydrogens is 400 g/mol. The lowest BCUT2D eigenvalue weighted by Crippen LogP contribution is -2.57. The topological polar surface area (TPSA) is 75.7 Å². The summed E-state index contributed by atoms with van der Waals surface area (Å²) in [5, 5.41) is 2.97. The first-order valence-electron chi connectivity index (χ1n) is 10.5. The minimum atomic E-state index is -3.61. The number of hydrogen-bond acceptors (Lipinski definition) is 4. The van der Waals surface area contributed by atoms with Crippen molar-refractivity contribution in [3.8, 4) is 5.75 Å². The standard InChI is InChI=1S/C23H28N2O4S/c1-16(2)29-19-11-9-18(10-12-19)24-23(26)21-14-17-8-13-22(21)25(15-17)30(27,28)20-6-4-3-5-7-20/h3-7,9-12,16-17,21-22H,8,13-15H2,1-2H3,(H,24,26). The van der Waals surface area contributed by atoms with Gasteiger partial charge in [-0.25, -0.2) is 8.42 Å². The average Bonchev–Trinajstić information content (AvgIpc) is 2.75. The van der Waals surface area contributed by atoms with E-state index in [1.807, 2.05) is 38.1 Å². The first-order chi connectivity index (χ1) is 14.3. The van der Waals surface area contributed by atoms with Gasteiger partial charge < -0.3 is 10.1 Å². The Morgan fingerprint density at radius 2 is 1.77 bits per heavy atom. The highest BCUT2D eigenvalue weighted by atomic mass is 32.2. The van der Waals surface area contributed by atoms with E-state index in [9.17, 15) is 13.2 Å². The molecular formula is C23H28N2O4S. The molecule has 3 atom stereocenters. The summed E-state index contributed by atoms with van der Waals surface area (Å²) in [6.45, 7) is 4.42. The van der Waals surface area contributed by atoms with Crippen molar-refractivity contribution < 1.29 is 17.9 Å². The van der Waals surface area contributed by atoms with E-state index in [0.717, 1.165) is 25.0 Å². The predicted octanol–water partition coefficient (Wildman–Crippen LogP) is 3.90. The SMILES string of the molecule is CC(C)Oc1ccc(NC(=O)C2CC3CCC2N(S(=O)(=O)c2ccccc2)C3)cc1. The smallest absolute Gasteiger partial charge is 0.243 e. The molecule has 3 fully saturated rings. The molecule has 1 saturated carbocycles. The summed E-state index contributed by atoms with van der Waals surface area (Å²) in [5.74, 6) is 0.503. The van der Waals surface area contributed by atoms with Crippen molar-refractivity contribution in [1.29, 1.82) is 0 Å². The number of piperidine rings is 2. The van der Waals surface area contributed by atoms with Crippen molar-refractivity contribution in [2.24, 2.45) is 11.8 Å². The van der Waals surface area contributed by atoms with Crippen LogP contribution in [0, 0.1) is 11.8 Å². The van der Waals surface area contributed by atoms with Gasteiger partial charge in [0, 0.05) is 18.3 Å². The van der Waals surface area contributed by atoms with Gasteiger partial charge in [-0.1, -0.05) is 18.2 Å². The van der Waals surface area contributed by atoms with Crippen LogP contribution in [0.1, 0.15) is 33.1 Å². The van der Waals surface area contributed by atoms with Gasteiger partial charge in [0.1, 0.15) is 5.75 Å². The van der Waals surface area contributed by atoms with Crippen LogP contribution < -0.4 is 10.1 Å². The van der Waals surface area contributed by atoms with Gasteiger partial charge in [0.05, 0.1) is 16.9 Å². The van der Waals surface area contributed by atoms with Gasteiger partial charge >= 0.3 is 0 Å². The summed E-state index contributed by atoms with van der Waals surface area (Å²) in [6, 6.07) is 15.5. The third-order valence-electron chi connectivity index (χ3n) is 5.91. The summed E-state index contributed by atoms with van der Waals surface area (Å²) in [6.07, 6.45) is 2.50. The van der Waals surface area contributed by atoms with Crippen molar-refractivity contribution in [3.63, 3.8) is 0 Å². The average molecular weight is 429 g/mol. The molecule has 1 N–H and O–H groups in total. The van der Waals surface area contributed by atoms with Crippen LogP contribution in [0.15, 0.2) is 59.5 Å². The highest BCUT2D eigenvalue weighted by Gasteiger charge is 2.48. The maximum absolute atomic E-state index is 13.2. The fourth-order valence-corrected chi connectivity index (χ4v) is 6.34. The van der Waals surface area contributed by atoms with Crippen molar-refractivity contribution in [3.05, 3.63) is 54.6 Å². The number of carbonyl (C=O) groups excluding carboxylic acids is 1. The predicted molar refractivity (Wildman–Crippen MR) is 116 cm³/mol. The summed E-state index contributed by atoms with van der Waals surface area (Å²) < 4.78 is 33.6. The molecule has 2 bridgehead atoms. The highest BCUT2D eigenvalue weighted by molar-refractivity contribution is 7.89. The van der Waals surface area contributed by atoms with Crippen molar-refractivity contribution in [2.75, 3.05) is 11.9 Å². The molecule has 0 radical (unpaired) electrons. The maximum atomic E-state index is 13.2. The number of rotatable bonds is 6. The van der Waals surface area contributed by atoms with Crippen LogP contribution in [-0.4, -0.2) is 37.3 Å². The monoisotopic (exact) mass is 428 g/mol. The van der Waals surface area contributed by atoms with Gasteiger partial charge in [-0.2, -0.15) is 4.31 Å². The second-order valence-electron chi connectivity index (χ2n) is 8.42. The Balaban J connectivity index is 1.50. The molecule has 160 valence electrons. The highest BCUT2D eigenvalue weighted by Crippen LogP contribution is 2.42. The van der Waals surface area contributed by atoms with E-state index in [0.29, 0.717) is 12.2 Å². The minimum absolute atomic E-state index is 0.0841. The summed E-state index contributed by atoms with van der Waals surface area (Å²) >= 11 is 0. The number of amides is 1. The second-order valence-corrected chi connectivity index (χ2v) is 10.3. The lowest BCUT2D eigenvalue weighted by Gasteiger charge is -2.48. The zero-order valence-electron chi connectivity index (χ0n) is 17.3. The van der Waals surface area contributed by atoms with Gasteiger partial charge in [-0.15, -0.1) is 0 Å². The fraction of sp³-hybridized carbons (Fsp3) is 0.435. The molecule has 1 aliphatic carbocycles. The maximum Gasteiger partial charge on any atom is 0.243 e. The number of nitrogens with one attached hydrogen (secondary N) is 1. The lowest BCUT2D eigenvalue weighted by molar-refractivity contribution is -0.125. The third-order valence-corrected chi connectivity index (χ3v) is 7.82. The molecule has 2 aromatic rings. The Morgan fingerprint density at radius 3 is 2.40 bits per heavy atom. The number of fused-ring (bicyclic) bond motifs is 3. The van der Waals surface area contributed by atoms with E-state index < -0.39 is 10.0 Å². The summed E-state index contributed by atoms with van der Waals surface area (Å²) in [7, 11) is -3.61. The van der Waals surface area contributed by atoms with E-state index >= 15 is 0 Å². The molecule has 2 heterocycles. The van der Waals surface area contributed by atoms with Crippen LogP contribution >= 0.6 is 0 Å².